The van der Waals surface area contributed by atoms with Gasteiger partial charge >= 0.3 is 5.97 Å². The molecule has 0 aliphatic heterocycles. The third kappa shape index (κ3) is 18.2. The van der Waals surface area contributed by atoms with Crippen molar-refractivity contribution in [1.29, 1.82) is 0 Å². The second-order valence-electron chi connectivity index (χ2n) is 7.33. The molecule has 0 bridgehead atoms. The standard InChI is InChI=1S/C22H41NO3S/c1-2-3-4-5-6-7-8-9-10-11-12-13-14-15-16-17-18-21(24)23-20(19-27)22(25)26/h10-11,20,27H,2-9,12-19H2,1H3,(H,23,24)(H,25,26)/b11-10-/t20-/m0/s1. The third-order valence-electron chi connectivity index (χ3n) is 4.73. The predicted molar refractivity (Wildman–Crippen MR) is 117 cm³/mol. The third-order valence-corrected chi connectivity index (χ3v) is 5.10. The first-order valence-corrected chi connectivity index (χ1v) is 11.5. The second kappa shape index (κ2) is 19.8. The molecular weight excluding hydrogens is 358 g/mol. The quantitative estimate of drug-likeness (QED) is 0.144. The number of unbranched alkanes of at least 4 members (excludes halogenated alkanes) is 12. The zero-order valence-electron chi connectivity index (χ0n) is 17.3. The van der Waals surface area contributed by atoms with Gasteiger partial charge < -0.3 is 10.4 Å². The van der Waals surface area contributed by atoms with Gasteiger partial charge in [0.1, 0.15) is 6.04 Å². The van der Waals surface area contributed by atoms with Crippen molar-refractivity contribution in [1.82, 2.24) is 5.32 Å². The summed E-state index contributed by atoms with van der Waals surface area (Å²) in [5.74, 6) is -1.10. The predicted octanol–water partition coefficient (Wildman–Crippen LogP) is 5.91. The lowest BCUT2D eigenvalue weighted by molar-refractivity contribution is -0.141. The SMILES string of the molecule is CCCCCCCCC/C=C\CCCCCCCC(=O)N[C@@H](CS)C(=O)O. The minimum absolute atomic E-state index is 0.119. The molecule has 1 atom stereocenters. The molecule has 0 aliphatic carbocycles. The smallest absolute Gasteiger partial charge is 0.327 e. The number of allylic oxidation sites excluding steroid dienone is 2. The molecule has 0 radical (unpaired) electrons. The van der Waals surface area contributed by atoms with E-state index in [0.717, 1.165) is 25.7 Å². The van der Waals surface area contributed by atoms with Crippen LogP contribution in [0.15, 0.2) is 12.2 Å². The van der Waals surface area contributed by atoms with Crippen molar-refractivity contribution >= 4 is 24.5 Å². The van der Waals surface area contributed by atoms with Gasteiger partial charge in [0.25, 0.3) is 0 Å². The van der Waals surface area contributed by atoms with Crippen molar-refractivity contribution in [3.63, 3.8) is 0 Å². The van der Waals surface area contributed by atoms with Crippen LogP contribution >= 0.6 is 12.6 Å². The number of carboxylic acid groups (broad SMARTS) is 1. The molecule has 0 rings (SSSR count). The topological polar surface area (TPSA) is 66.4 Å². The van der Waals surface area contributed by atoms with Crippen molar-refractivity contribution < 1.29 is 14.7 Å². The fraction of sp³-hybridized carbons (Fsp3) is 0.818. The monoisotopic (exact) mass is 399 g/mol. The van der Waals surface area contributed by atoms with Crippen molar-refractivity contribution in [3.05, 3.63) is 12.2 Å². The van der Waals surface area contributed by atoms with Crippen LogP contribution < -0.4 is 5.32 Å². The van der Waals surface area contributed by atoms with Gasteiger partial charge in [0, 0.05) is 12.2 Å². The number of hydrogen-bond acceptors (Lipinski definition) is 3. The van der Waals surface area contributed by atoms with Crippen molar-refractivity contribution in [2.45, 2.75) is 109 Å². The molecule has 0 aromatic carbocycles. The average Bonchev–Trinajstić information content (AvgIpc) is 2.65. The highest BCUT2D eigenvalue weighted by Crippen LogP contribution is 2.10. The molecular formula is C22H41NO3S. The van der Waals surface area contributed by atoms with Crippen LogP contribution in [0.25, 0.3) is 0 Å². The van der Waals surface area contributed by atoms with E-state index in [2.05, 4.69) is 37.0 Å². The molecule has 5 heteroatoms. The Labute approximate surface area is 172 Å². The molecule has 0 unspecified atom stereocenters. The van der Waals surface area contributed by atoms with Gasteiger partial charge in [-0.05, 0) is 32.1 Å². The molecule has 0 fully saturated rings. The van der Waals surface area contributed by atoms with E-state index in [4.69, 9.17) is 5.11 Å². The van der Waals surface area contributed by atoms with Crippen LogP contribution in [0.5, 0.6) is 0 Å². The Morgan fingerprint density at radius 2 is 1.33 bits per heavy atom. The number of thiol groups is 1. The summed E-state index contributed by atoms with van der Waals surface area (Å²) in [6.45, 7) is 2.26. The Balaban J connectivity index is 3.35. The minimum Gasteiger partial charge on any atom is -0.480 e. The maximum Gasteiger partial charge on any atom is 0.327 e. The van der Waals surface area contributed by atoms with Crippen LogP contribution in [0, 0.1) is 0 Å². The van der Waals surface area contributed by atoms with Crippen molar-refractivity contribution in [2.24, 2.45) is 0 Å². The van der Waals surface area contributed by atoms with Crippen LogP contribution in [-0.4, -0.2) is 28.8 Å². The molecule has 0 saturated heterocycles. The second-order valence-corrected chi connectivity index (χ2v) is 7.69. The van der Waals surface area contributed by atoms with Crippen LogP contribution in [0.2, 0.25) is 0 Å². The van der Waals surface area contributed by atoms with Crippen molar-refractivity contribution in [3.8, 4) is 0 Å². The lowest BCUT2D eigenvalue weighted by Gasteiger charge is -2.11. The molecule has 0 aromatic rings. The van der Waals surface area contributed by atoms with Gasteiger partial charge in [-0.2, -0.15) is 12.6 Å². The maximum atomic E-state index is 11.6. The molecule has 0 spiro atoms. The van der Waals surface area contributed by atoms with Crippen LogP contribution in [0.3, 0.4) is 0 Å². The highest BCUT2D eigenvalue weighted by Gasteiger charge is 2.17. The zero-order chi connectivity index (χ0) is 20.2. The first kappa shape index (κ1) is 26.0. The molecule has 0 heterocycles. The number of nitrogens with one attached hydrogen (secondary N) is 1. The highest BCUT2D eigenvalue weighted by molar-refractivity contribution is 7.80. The summed E-state index contributed by atoms with van der Waals surface area (Å²) in [5.41, 5.74) is 0. The highest BCUT2D eigenvalue weighted by atomic mass is 32.1. The first-order chi connectivity index (χ1) is 13.1. The van der Waals surface area contributed by atoms with E-state index in [0.29, 0.717) is 6.42 Å². The van der Waals surface area contributed by atoms with Gasteiger partial charge in [0.2, 0.25) is 5.91 Å². The molecule has 2 N–H and O–H groups in total. The molecule has 1 amide bonds. The minimum atomic E-state index is -1.03. The van der Waals surface area contributed by atoms with Crippen molar-refractivity contribution in [2.75, 3.05) is 5.75 Å². The largest absolute Gasteiger partial charge is 0.480 e. The number of amides is 1. The zero-order valence-corrected chi connectivity index (χ0v) is 18.2. The Kier molecular flexibility index (Phi) is 19.1. The van der Waals surface area contributed by atoms with E-state index in [-0.39, 0.29) is 11.7 Å². The summed E-state index contributed by atoms with van der Waals surface area (Å²) in [4.78, 5) is 22.5. The Morgan fingerprint density at radius 3 is 1.81 bits per heavy atom. The number of carbonyl (C=O) groups excluding carboxylic acids is 1. The van der Waals surface area contributed by atoms with Crippen LogP contribution in [0.4, 0.5) is 0 Å². The van der Waals surface area contributed by atoms with E-state index in [9.17, 15) is 9.59 Å². The van der Waals surface area contributed by atoms with Gasteiger partial charge in [-0.15, -0.1) is 0 Å². The molecule has 158 valence electrons. The Morgan fingerprint density at radius 1 is 0.852 bits per heavy atom. The molecule has 27 heavy (non-hydrogen) atoms. The van der Waals surface area contributed by atoms with Gasteiger partial charge in [0.15, 0.2) is 0 Å². The number of aliphatic carboxylic acids is 1. The summed E-state index contributed by atoms with van der Waals surface area (Å²) in [6, 6.07) is -0.881. The Hall–Kier alpha value is -0.970. The van der Waals surface area contributed by atoms with E-state index in [1.54, 1.807) is 0 Å². The summed E-state index contributed by atoms with van der Waals surface area (Å²) < 4.78 is 0. The van der Waals surface area contributed by atoms with Gasteiger partial charge in [-0.25, -0.2) is 4.79 Å². The van der Waals surface area contributed by atoms with E-state index >= 15 is 0 Å². The maximum absolute atomic E-state index is 11.6. The van der Waals surface area contributed by atoms with Gasteiger partial charge in [-0.1, -0.05) is 76.9 Å². The number of hydrogen-bond donors (Lipinski definition) is 3. The molecule has 0 aromatic heterocycles. The lowest BCUT2D eigenvalue weighted by atomic mass is 10.1. The summed E-state index contributed by atoms with van der Waals surface area (Å²) in [7, 11) is 0. The van der Waals surface area contributed by atoms with E-state index < -0.39 is 12.0 Å². The summed E-state index contributed by atoms with van der Waals surface area (Å²) in [6.07, 6.45) is 22.4. The molecule has 0 saturated carbocycles. The average molecular weight is 400 g/mol. The number of carboxylic acids is 1. The molecule has 0 aliphatic rings. The summed E-state index contributed by atoms with van der Waals surface area (Å²) >= 11 is 3.93. The van der Waals surface area contributed by atoms with E-state index in [1.807, 2.05) is 0 Å². The van der Waals surface area contributed by atoms with Gasteiger partial charge in [0.05, 0.1) is 0 Å². The fourth-order valence-electron chi connectivity index (χ4n) is 2.99. The van der Waals surface area contributed by atoms with Crippen LogP contribution in [-0.2, 0) is 9.59 Å². The normalized spacial score (nSPS) is 12.4. The van der Waals surface area contributed by atoms with E-state index in [1.165, 1.54) is 64.2 Å². The lowest BCUT2D eigenvalue weighted by Crippen LogP contribution is -2.42. The van der Waals surface area contributed by atoms with Gasteiger partial charge in [-0.3, -0.25) is 4.79 Å². The van der Waals surface area contributed by atoms with Crippen LogP contribution in [0.1, 0.15) is 103 Å². The summed E-state index contributed by atoms with van der Waals surface area (Å²) in [5, 5.41) is 11.4. The molecule has 4 nitrogen and oxygen atoms in total. The fourth-order valence-corrected chi connectivity index (χ4v) is 3.23. The first-order valence-electron chi connectivity index (χ1n) is 10.9. The number of carbonyl (C=O) groups is 2. The number of rotatable bonds is 19. The Bertz CT molecular complexity index is 399.